The average Bonchev–Trinajstić information content (AvgIpc) is 3.02. The van der Waals surface area contributed by atoms with Crippen molar-refractivity contribution in [1.29, 1.82) is 0 Å². The van der Waals surface area contributed by atoms with E-state index >= 15 is 0 Å². The van der Waals surface area contributed by atoms with Gasteiger partial charge in [0.15, 0.2) is 0 Å². The molecule has 1 amide bonds. The highest BCUT2D eigenvalue weighted by atomic mass is 35.5. The molecular weight excluding hydrogens is 383 g/mol. The maximum absolute atomic E-state index is 11.9. The molecule has 3 rings (SSSR count). The molecule has 1 heterocycles. The lowest BCUT2D eigenvalue weighted by Gasteiger charge is -2.09. The summed E-state index contributed by atoms with van der Waals surface area (Å²) in [6.07, 6.45) is 0.269. The molecule has 1 aliphatic heterocycles. The lowest BCUT2D eigenvalue weighted by Crippen LogP contribution is -2.24. The highest BCUT2D eigenvalue weighted by Crippen LogP contribution is 2.27. The van der Waals surface area contributed by atoms with Crippen LogP contribution in [0.1, 0.15) is 23.1 Å². The Kier molecular flexibility index (Phi) is 7.38. The number of carbonyl (C=O) groups excluding carboxylic acids is 1. The first-order valence-corrected chi connectivity index (χ1v) is 8.53. The minimum Gasteiger partial charge on any atom is -0.491 e. The maximum Gasteiger partial charge on any atom is 0.223 e. The first-order valence-electron chi connectivity index (χ1n) is 7.78. The summed E-state index contributed by atoms with van der Waals surface area (Å²) in [5, 5.41) is 7.21. The molecule has 4 nitrogen and oxygen atoms in total. The van der Waals surface area contributed by atoms with Gasteiger partial charge in [0.05, 0.1) is 18.1 Å². The van der Waals surface area contributed by atoms with Gasteiger partial charge in [0.1, 0.15) is 5.75 Å². The van der Waals surface area contributed by atoms with E-state index in [1.807, 2.05) is 0 Å². The molecule has 2 N–H and O–H groups in total. The summed E-state index contributed by atoms with van der Waals surface area (Å²) in [6.45, 7) is 2.61. The van der Waals surface area contributed by atoms with E-state index in [1.165, 1.54) is 11.1 Å². The summed E-state index contributed by atoms with van der Waals surface area (Å²) < 4.78 is 5.52. The minimum atomic E-state index is -0.0568. The van der Waals surface area contributed by atoms with Crippen molar-refractivity contribution in [2.45, 2.75) is 26.1 Å². The number of rotatable bonds is 6. The largest absolute Gasteiger partial charge is 0.491 e. The quantitative estimate of drug-likeness (QED) is 0.766. The first kappa shape index (κ1) is 19.9. The van der Waals surface area contributed by atoms with Crippen LogP contribution in [0.2, 0.25) is 10.0 Å². The number of fused-ring (bicyclic) bond motifs is 1. The third-order valence-electron chi connectivity index (χ3n) is 3.87. The van der Waals surface area contributed by atoms with E-state index in [1.54, 1.807) is 18.2 Å². The summed E-state index contributed by atoms with van der Waals surface area (Å²) in [5.41, 5.74) is 3.74. The smallest absolute Gasteiger partial charge is 0.223 e. The summed E-state index contributed by atoms with van der Waals surface area (Å²) in [6, 6.07) is 11.3. The Morgan fingerprint density at radius 1 is 1.12 bits per heavy atom. The average molecular weight is 402 g/mol. The predicted molar refractivity (Wildman–Crippen MR) is 103 cm³/mol. The third-order valence-corrected chi connectivity index (χ3v) is 4.40. The fourth-order valence-electron chi connectivity index (χ4n) is 2.59. The standard InChI is InChI=1S/C18H18Cl2N2O2.ClH/c19-15-3-4-17(16(20)8-15)24-6-5-18(23)22-9-12-1-2-13-10-21-11-14(13)7-12;/h1-4,7-8,21H,5-6,9-11H2,(H,22,23);1H. The fourth-order valence-corrected chi connectivity index (χ4v) is 3.06. The van der Waals surface area contributed by atoms with Gasteiger partial charge in [-0.25, -0.2) is 0 Å². The van der Waals surface area contributed by atoms with Crippen molar-refractivity contribution >= 4 is 41.5 Å². The molecule has 1 aliphatic rings. The van der Waals surface area contributed by atoms with E-state index in [-0.39, 0.29) is 31.3 Å². The van der Waals surface area contributed by atoms with Gasteiger partial charge in [-0.05, 0) is 34.9 Å². The van der Waals surface area contributed by atoms with Crippen molar-refractivity contribution in [2.75, 3.05) is 6.61 Å². The van der Waals surface area contributed by atoms with E-state index in [9.17, 15) is 4.79 Å². The van der Waals surface area contributed by atoms with Crippen LogP contribution < -0.4 is 15.4 Å². The second-order valence-electron chi connectivity index (χ2n) is 5.66. The maximum atomic E-state index is 11.9. The van der Waals surface area contributed by atoms with Crippen molar-refractivity contribution in [3.05, 3.63) is 63.1 Å². The Morgan fingerprint density at radius 3 is 2.72 bits per heavy atom. The molecule has 134 valence electrons. The first-order chi connectivity index (χ1) is 11.6. The van der Waals surface area contributed by atoms with Crippen molar-refractivity contribution in [1.82, 2.24) is 10.6 Å². The Bertz CT molecular complexity index is 753. The van der Waals surface area contributed by atoms with Crippen LogP contribution in [0, 0.1) is 0 Å². The predicted octanol–water partition coefficient (Wildman–Crippen LogP) is 4.10. The van der Waals surface area contributed by atoms with Crippen molar-refractivity contribution in [2.24, 2.45) is 0 Å². The lowest BCUT2D eigenvalue weighted by molar-refractivity contribution is -0.121. The molecule has 0 aliphatic carbocycles. The van der Waals surface area contributed by atoms with Gasteiger partial charge >= 0.3 is 0 Å². The molecule has 0 unspecified atom stereocenters. The third kappa shape index (κ3) is 5.51. The van der Waals surface area contributed by atoms with Gasteiger partial charge in [0, 0.05) is 24.7 Å². The molecule has 0 aromatic heterocycles. The van der Waals surface area contributed by atoms with Crippen LogP contribution in [0.15, 0.2) is 36.4 Å². The van der Waals surface area contributed by atoms with Gasteiger partial charge in [-0.1, -0.05) is 41.4 Å². The Balaban J connectivity index is 0.00000225. The molecule has 0 saturated carbocycles. The number of nitrogens with one attached hydrogen (secondary N) is 2. The zero-order chi connectivity index (χ0) is 16.9. The van der Waals surface area contributed by atoms with Gasteiger partial charge in [-0.2, -0.15) is 0 Å². The van der Waals surface area contributed by atoms with Crippen LogP contribution >= 0.6 is 35.6 Å². The molecule has 7 heteroatoms. The van der Waals surface area contributed by atoms with E-state index in [2.05, 4.69) is 28.8 Å². The zero-order valence-corrected chi connectivity index (χ0v) is 15.8. The monoisotopic (exact) mass is 400 g/mol. The van der Waals surface area contributed by atoms with Crippen LogP contribution in [-0.2, 0) is 24.4 Å². The van der Waals surface area contributed by atoms with E-state index < -0.39 is 0 Å². The molecule has 0 atom stereocenters. The minimum absolute atomic E-state index is 0. The van der Waals surface area contributed by atoms with Crippen LogP contribution in [0.5, 0.6) is 5.75 Å². The van der Waals surface area contributed by atoms with Crippen molar-refractivity contribution < 1.29 is 9.53 Å². The summed E-state index contributed by atoms with van der Waals surface area (Å²) in [4.78, 5) is 11.9. The fraction of sp³-hybridized carbons (Fsp3) is 0.278. The number of hydrogen-bond acceptors (Lipinski definition) is 3. The summed E-state index contributed by atoms with van der Waals surface area (Å²) in [7, 11) is 0. The number of carbonyl (C=O) groups is 1. The summed E-state index contributed by atoms with van der Waals surface area (Å²) in [5.74, 6) is 0.471. The van der Waals surface area contributed by atoms with Gasteiger partial charge in [-0.15, -0.1) is 12.4 Å². The lowest BCUT2D eigenvalue weighted by atomic mass is 10.1. The number of ether oxygens (including phenoxy) is 1. The van der Waals surface area contributed by atoms with E-state index in [0.29, 0.717) is 22.3 Å². The SMILES string of the molecule is Cl.O=C(CCOc1ccc(Cl)cc1Cl)NCc1ccc2c(c1)CNC2. The molecular formula is C18H19Cl3N2O2. The number of hydrogen-bond donors (Lipinski definition) is 2. The second kappa shape index (κ2) is 9.30. The topological polar surface area (TPSA) is 50.4 Å². The van der Waals surface area contributed by atoms with Crippen LogP contribution in [-0.4, -0.2) is 12.5 Å². The van der Waals surface area contributed by atoms with Gasteiger partial charge in [0.25, 0.3) is 0 Å². The Hall–Kier alpha value is -1.46. The molecule has 2 aromatic rings. The van der Waals surface area contributed by atoms with E-state index in [4.69, 9.17) is 27.9 Å². The zero-order valence-electron chi connectivity index (χ0n) is 13.5. The van der Waals surface area contributed by atoms with Crippen molar-refractivity contribution in [3.63, 3.8) is 0 Å². The molecule has 0 saturated heterocycles. The number of amides is 1. The van der Waals surface area contributed by atoms with Crippen LogP contribution in [0.3, 0.4) is 0 Å². The molecule has 0 bridgehead atoms. The Labute approximate surface area is 163 Å². The number of benzene rings is 2. The van der Waals surface area contributed by atoms with Crippen molar-refractivity contribution in [3.8, 4) is 5.75 Å². The summed E-state index contributed by atoms with van der Waals surface area (Å²) >= 11 is 11.8. The molecule has 0 fully saturated rings. The highest BCUT2D eigenvalue weighted by Gasteiger charge is 2.10. The van der Waals surface area contributed by atoms with E-state index in [0.717, 1.165) is 18.7 Å². The van der Waals surface area contributed by atoms with Crippen LogP contribution in [0.4, 0.5) is 0 Å². The van der Waals surface area contributed by atoms with Gasteiger partial charge < -0.3 is 15.4 Å². The van der Waals surface area contributed by atoms with Crippen LogP contribution in [0.25, 0.3) is 0 Å². The second-order valence-corrected chi connectivity index (χ2v) is 6.50. The molecule has 0 radical (unpaired) electrons. The van der Waals surface area contributed by atoms with Gasteiger partial charge in [0.2, 0.25) is 5.91 Å². The number of halogens is 3. The Morgan fingerprint density at radius 2 is 1.92 bits per heavy atom. The highest BCUT2D eigenvalue weighted by molar-refractivity contribution is 6.35. The normalized spacial score (nSPS) is 12.2. The van der Waals surface area contributed by atoms with Gasteiger partial charge in [-0.3, -0.25) is 4.79 Å². The molecule has 25 heavy (non-hydrogen) atoms. The molecule has 2 aromatic carbocycles. The molecule has 0 spiro atoms.